The quantitative estimate of drug-likeness (QED) is 0.341. The molecule has 0 unspecified atom stereocenters. The molecule has 3 aromatic carbocycles. The van der Waals surface area contributed by atoms with E-state index in [0.29, 0.717) is 6.54 Å². The summed E-state index contributed by atoms with van der Waals surface area (Å²) in [7, 11) is -3.95. The van der Waals surface area contributed by atoms with E-state index in [1.807, 2.05) is 44.2 Å². The number of hydrogen-bond acceptors (Lipinski definition) is 4. The number of halogens is 2. The minimum Gasteiger partial charge on any atom is -0.354 e. The summed E-state index contributed by atoms with van der Waals surface area (Å²) in [6, 6.07) is 20.4. The Kier molecular flexibility index (Phi) is 10.5. The van der Waals surface area contributed by atoms with Crippen molar-refractivity contribution in [3.63, 3.8) is 0 Å². The van der Waals surface area contributed by atoms with Gasteiger partial charge in [-0.1, -0.05) is 86.1 Å². The van der Waals surface area contributed by atoms with Crippen LogP contribution in [0.5, 0.6) is 0 Å². The third kappa shape index (κ3) is 8.53. The van der Waals surface area contributed by atoms with Gasteiger partial charge < -0.3 is 10.2 Å². The monoisotopic (exact) mass is 573 g/mol. The van der Waals surface area contributed by atoms with E-state index in [-0.39, 0.29) is 35.2 Å². The topological polar surface area (TPSA) is 86.8 Å². The number of rotatable bonds is 12. The van der Waals surface area contributed by atoms with Gasteiger partial charge >= 0.3 is 0 Å². The molecule has 7 nitrogen and oxygen atoms in total. The highest BCUT2D eigenvalue weighted by molar-refractivity contribution is 7.92. The first kappa shape index (κ1) is 30.1. The van der Waals surface area contributed by atoms with Crippen molar-refractivity contribution in [2.24, 2.45) is 5.92 Å². The van der Waals surface area contributed by atoms with Crippen LogP contribution in [0.2, 0.25) is 5.02 Å². The number of nitrogens with zero attached hydrogens (tertiary/aromatic N) is 2. The Morgan fingerprint density at radius 3 is 2.18 bits per heavy atom. The first-order valence-corrected chi connectivity index (χ1v) is 14.8. The van der Waals surface area contributed by atoms with Crippen LogP contribution in [0.15, 0.2) is 78.9 Å². The van der Waals surface area contributed by atoms with E-state index in [4.69, 9.17) is 11.6 Å². The number of amides is 2. The molecule has 3 rings (SSSR count). The summed E-state index contributed by atoms with van der Waals surface area (Å²) in [5.41, 5.74) is 1.12. The zero-order chi connectivity index (χ0) is 28.6. The maximum absolute atomic E-state index is 14.8. The van der Waals surface area contributed by atoms with E-state index >= 15 is 0 Å². The zero-order valence-corrected chi connectivity index (χ0v) is 23.8. The van der Waals surface area contributed by atoms with Gasteiger partial charge in [0, 0.05) is 25.1 Å². The number of hydrogen-bond donors (Lipinski definition) is 1. The van der Waals surface area contributed by atoms with Gasteiger partial charge in [-0.05, 0) is 29.7 Å². The average molecular weight is 574 g/mol. The summed E-state index contributed by atoms with van der Waals surface area (Å²) in [6.45, 7) is 3.41. The molecule has 0 radical (unpaired) electrons. The molecule has 1 N–H and O–H groups in total. The van der Waals surface area contributed by atoms with Crippen molar-refractivity contribution in [1.29, 1.82) is 0 Å². The molecule has 0 spiro atoms. The minimum atomic E-state index is -3.95. The second-order valence-corrected chi connectivity index (χ2v) is 12.0. The zero-order valence-electron chi connectivity index (χ0n) is 22.2. The Balaban J connectivity index is 2.06. The molecule has 0 saturated heterocycles. The molecule has 0 aliphatic heterocycles. The lowest BCUT2D eigenvalue weighted by Crippen LogP contribution is -2.53. The predicted molar refractivity (Wildman–Crippen MR) is 152 cm³/mol. The van der Waals surface area contributed by atoms with Gasteiger partial charge in [0.2, 0.25) is 21.8 Å². The van der Waals surface area contributed by atoms with Gasteiger partial charge in [-0.2, -0.15) is 0 Å². The molecule has 0 heterocycles. The summed E-state index contributed by atoms with van der Waals surface area (Å²) in [6.07, 6.45) is 1.12. The van der Waals surface area contributed by atoms with Gasteiger partial charge in [-0.25, -0.2) is 12.8 Å². The van der Waals surface area contributed by atoms with E-state index in [1.54, 1.807) is 18.2 Å². The standard InChI is InChI=1S/C29H33ClFN3O4S/c1-21(2)18-32-29(36)27(17-22-11-5-4-6-12-22)33(19-23-13-7-9-15-25(23)31)28(35)20-34(39(3,37)38)26-16-10-8-14-24(26)30/h4-16,21,27H,17-20H2,1-3H3,(H,32,36)/t27-/m0/s1. The minimum absolute atomic E-state index is 0.129. The van der Waals surface area contributed by atoms with Crippen molar-refractivity contribution in [3.8, 4) is 0 Å². The molecule has 0 aromatic heterocycles. The van der Waals surface area contributed by atoms with Gasteiger partial charge in [0.25, 0.3) is 0 Å². The molecule has 39 heavy (non-hydrogen) atoms. The van der Waals surface area contributed by atoms with Gasteiger partial charge in [0.05, 0.1) is 17.0 Å². The molecule has 2 amide bonds. The lowest BCUT2D eigenvalue weighted by Gasteiger charge is -2.33. The van der Waals surface area contributed by atoms with Crippen LogP contribution in [0, 0.1) is 11.7 Å². The average Bonchev–Trinajstić information content (AvgIpc) is 2.89. The molecule has 10 heteroatoms. The van der Waals surface area contributed by atoms with Crippen molar-refractivity contribution in [3.05, 3.63) is 101 Å². The Morgan fingerprint density at radius 2 is 1.56 bits per heavy atom. The van der Waals surface area contributed by atoms with E-state index in [2.05, 4.69) is 5.32 Å². The van der Waals surface area contributed by atoms with Crippen LogP contribution in [-0.4, -0.2) is 50.5 Å². The lowest BCUT2D eigenvalue weighted by molar-refractivity contribution is -0.140. The maximum Gasteiger partial charge on any atom is 0.244 e. The van der Waals surface area contributed by atoms with E-state index < -0.39 is 40.2 Å². The highest BCUT2D eigenvalue weighted by Gasteiger charge is 2.33. The first-order valence-electron chi connectivity index (χ1n) is 12.5. The fourth-order valence-corrected chi connectivity index (χ4v) is 5.18. The van der Waals surface area contributed by atoms with Crippen LogP contribution >= 0.6 is 11.6 Å². The smallest absolute Gasteiger partial charge is 0.244 e. The summed E-state index contributed by atoms with van der Waals surface area (Å²) in [4.78, 5) is 28.7. The molecule has 3 aromatic rings. The molecular formula is C29H33ClFN3O4S. The number of carbonyl (C=O) groups excluding carboxylic acids is 2. The van der Waals surface area contributed by atoms with Crippen molar-refractivity contribution in [2.45, 2.75) is 32.9 Å². The number of carbonyl (C=O) groups is 2. The molecule has 208 valence electrons. The van der Waals surface area contributed by atoms with Crippen LogP contribution in [0.1, 0.15) is 25.0 Å². The number of anilines is 1. The largest absolute Gasteiger partial charge is 0.354 e. The molecular weight excluding hydrogens is 541 g/mol. The van der Waals surface area contributed by atoms with Crippen molar-refractivity contribution in [1.82, 2.24) is 10.2 Å². The highest BCUT2D eigenvalue weighted by atomic mass is 35.5. The number of sulfonamides is 1. The lowest BCUT2D eigenvalue weighted by atomic mass is 10.0. The number of benzene rings is 3. The molecule has 0 fully saturated rings. The van der Waals surface area contributed by atoms with Gasteiger partial charge in [0.1, 0.15) is 18.4 Å². The van der Waals surface area contributed by atoms with Crippen molar-refractivity contribution < 1.29 is 22.4 Å². The van der Waals surface area contributed by atoms with Gasteiger partial charge in [-0.3, -0.25) is 13.9 Å². The fraction of sp³-hybridized carbons (Fsp3) is 0.310. The van der Waals surface area contributed by atoms with Crippen molar-refractivity contribution >= 4 is 39.1 Å². The van der Waals surface area contributed by atoms with Crippen LogP contribution in [-0.2, 0) is 32.6 Å². The normalized spacial score (nSPS) is 12.2. The Hall–Kier alpha value is -3.43. The van der Waals surface area contributed by atoms with Crippen LogP contribution in [0.4, 0.5) is 10.1 Å². The van der Waals surface area contributed by atoms with Gasteiger partial charge in [0.15, 0.2) is 0 Å². The Bertz CT molecular complexity index is 1390. The second-order valence-electron chi connectivity index (χ2n) is 9.68. The molecule has 0 saturated carbocycles. The number of nitrogens with one attached hydrogen (secondary N) is 1. The fourth-order valence-electron chi connectivity index (χ4n) is 4.04. The number of para-hydroxylation sites is 1. The van der Waals surface area contributed by atoms with Gasteiger partial charge in [-0.15, -0.1) is 0 Å². The third-order valence-electron chi connectivity index (χ3n) is 6.05. The molecule has 0 bridgehead atoms. The van der Waals surface area contributed by atoms with Crippen LogP contribution in [0.25, 0.3) is 0 Å². The molecule has 0 aliphatic carbocycles. The van der Waals surface area contributed by atoms with E-state index in [0.717, 1.165) is 16.1 Å². The summed E-state index contributed by atoms with van der Waals surface area (Å²) in [5, 5.41) is 3.03. The van der Waals surface area contributed by atoms with E-state index in [1.165, 1.54) is 35.2 Å². The van der Waals surface area contributed by atoms with Crippen LogP contribution in [0.3, 0.4) is 0 Å². The highest BCUT2D eigenvalue weighted by Crippen LogP contribution is 2.28. The Morgan fingerprint density at radius 1 is 0.949 bits per heavy atom. The first-order chi connectivity index (χ1) is 18.5. The van der Waals surface area contributed by atoms with E-state index in [9.17, 15) is 22.4 Å². The summed E-state index contributed by atoms with van der Waals surface area (Å²) in [5.74, 6) is -1.48. The van der Waals surface area contributed by atoms with Crippen molar-refractivity contribution in [2.75, 3.05) is 23.7 Å². The van der Waals surface area contributed by atoms with Crippen LogP contribution < -0.4 is 9.62 Å². The SMILES string of the molecule is CC(C)CNC(=O)[C@H](Cc1ccccc1)N(Cc1ccccc1F)C(=O)CN(c1ccccc1Cl)S(C)(=O)=O. The maximum atomic E-state index is 14.8. The second kappa shape index (κ2) is 13.6. The summed E-state index contributed by atoms with van der Waals surface area (Å²) < 4.78 is 41.2. The molecule has 0 aliphatic rings. The Labute approximate surface area is 234 Å². The third-order valence-corrected chi connectivity index (χ3v) is 7.50. The predicted octanol–water partition coefficient (Wildman–Crippen LogP) is 4.66. The summed E-state index contributed by atoms with van der Waals surface area (Å²) >= 11 is 6.29. The molecule has 1 atom stereocenters.